The molecule has 0 unspecified atom stereocenters. The summed E-state index contributed by atoms with van der Waals surface area (Å²) >= 11 is 0. The zero-order valence-corrected chi connectivity index (χ0v) is 18.3. The van der Waals surface area contributed by atoms with E-state index < -0.39 is 12.4 Å². The lowest BCUT2D eigenvalue weighted by Gasteiger charge is -2.19. The van der Waals surface area contributed by atoms with Gasteiger partial charge in [0.1, 0.15) is 5.82 Å². The highest BCUT2D eigenvalue weighted by atomic mass is 19.3. The molecule has 2 aromatic carbocycles. The van der Waals surface area contributed by atoms with Crippen LogP contribution in [-0.4, -0.2) is 23.1 Å². The zero-order valence-electron chi connectivity index (χ0n) is 18.3. The van der Waals surface area contributed by atoms with Crippen LogP contribution < -0.4 is 4.74 Å². The molecule has 1 heterocycles. The van der Waals surface area contributed by atoms with Crippen LogP contribution in [-0.2, 0) is 24.2 Å². The molecule has 0 radical (unpaired) electrons. The Morgan fingerprint density at radius 1 is 1.09 bits per heavy atom. The van der Waals surface area contributed by atoms with E-state index in [1.54, 1.807) is 10.6 Å². The number of ketones is 1. The summed E-state index contributed by atoms with van der Waals surface area (Å²) in [5, 5.41) is 0. The monoisotopic (exact) mass is 445 g/mol. The molecule has 0 aliphatic carbocycles. The third-order valence-corrected chi connectivity index (χ3v) is 5.15. The summed E-state index contributed by atoms with van der Waals surface area (Å²) in [6, 6.07) is 15.0. The molecule has 3 rings (SSSR count). The highest BCUT2D eigenvalue weighted by Crippen LogP contribution is 2.32. The van der Waals surface area contributed by atoms with Crippen molar-refractivity contribution in [3.8, 4) is 11.4 Å². The van der Waals surface area contributed by atoms with Crippen LogP contribution >= 0.6 is 0 Å². The summed E-state index contributed by atoms with van der Waals surface area (Å²) in [7, 11) is 0. The van der Waals surface area contributed by atoms with E-state index in [0.29, 0.717) is 36.4 Å². The van der Waals surface area contributed by atoms with E-state index in [0.717, 1.165) is 11.6 Å². The Morgan fingerprint density at radius 2 is 1.81 bits per heavy atom. The molecule has 0 aliphatic heterocycles. The number of aromatic nitrogens is 1. The van der Waals surface area contributed by atoms with Gasteiger partial charge in [-0.25, -0.2) is 4.39 Å². The fraction of sp³-hybridized carbons (Fsp3) is 0.320. The first-order valence-corrected chi connectivity index (χ1v) is 10.4. The molecular formula is C25H26F3NO3. The number of carbonyl (C=O) groups is 1. The number of hydrogen-bond acceptors (Lipinski definition) is 3. The first-order valence-electron chi connectivity index (χ1n) is 10.4. The van der Waals surface area contributed by atoms with Gasteiger partial charge in [-0.15, -0.1) is 0 Å². The van der Waals surface area contributed by atoms with Gasteiger partial charge in [-0.05, 0) is 44.0 Å². The molecule has 0 saturated heterocycles. The highest BCUT2D eigenvalue weighted by Gasteiger charge is 2.23. The van der Waals surface area contributed by atoms with Crippen molar-refractivity contribution >= 4 is 5.78 Å². The molecule has 0 fully saturated rings. The average molecular weight is 445 g/mol. The number of Topliss-reactive ketones (excluding diaryl/α,β-unsaturated/α-hetero) is 1. The van der Waals surface area contributed by atoms with Crippen molar-refractivity contribution < 1.29 is 27.4 Å². The minimum atomic E-state index is -3.11. The van der Waals surface area contributed by atoms with Crippen molar-refractivity contribution in [3.63, 3.8) is 0 Å². The van der Waals surface area contributed by atoms with E-state index in [-0.39, 0.29) is 23.3 Å². The molecule has 7 heteroatoms. The van der Waals surface area contributed by atoms with Gasteiger partial charge in [-0.1, -0.05) is 37.3 Å². The van der Waals surface area contributed by atoms with Crippen molar-refractivity contribution in [3.05, 3.63) is 82.9 Å². The second kappa shape index (κ2) is 10.5. The van der Waals surface area contributed by atoms with Gasteiger partial charge in [-0.3, -0.25) is 4.79 Å². The maximum Gasteiger partial charge on any atom is 0.387 e. The van der Waals surface area contributed by atoms with Crippen LogP contribution in [0.4, 0.5) is 13.2 Å². The van der Waals surface area contributed by atoms with E-state index in [9.17, 15) is 18.0 Å². The third-order valence-electron chi connectivity index (χ3n) is 5.15. The van der Waals surface area contributed by atoms with Crippen LogP contribution in [0.25, 0.3) is 5.69 Å². The summed E-state index contributed by atoms with van der Waals surface area (Å²) in [6.07, 6.45) is 0.659. The Hall–Kier alpha value is -3.06. The predicted molar refractivity (Wildman–Crippen MR) is 116 cm³/mol. The molecule has 0 bridgehead atoms. The first kappa shape index (κ1) is 23.6. The molecular weight excluding hydrogens is 419 g/mol. The van der Waals surface area contributed by atoms with Crippen molar-refractivity contribution in [1.82, 2.24) is 4.57 Å². The Morgan fingerprint density at radius 3 is 2.44 bits per heavy atom. The van der Waals surface area contributed by atoms with Crippen LogP contribution in [0, 0.1) is 5.82 Å². The number of alkyl halides is 2. The molecule has 0 amide bonds. The number of halogens is 3. The Kier molecular flexibility index (Phi) is 7.75. The third kappa shape index (κ3) is 5.59. The smallest absolute Gasteiger partial charge is 0.387 e. The normalized spacial score (nSPS) is 12.2. The number of carbonyl (C=O) groups excluding carboxylic acids is 1. The van der Waals surface area contributed by atoms with Gasteiger partial charge in [0.05, 0.1) is 18.4 Å². The maximum absolute atomic E-state index is 13.8. The molecule has 0 aliphatic rings. The summed E-state index contributed by atoms with van der Waals surface area (Å²) in [4.78, 5) is 12.3. The Labute approximate surface area is 185 Å². The SMILES string of the molecule is CCc1c(C(C)=O)cc(C[C@H](C)OCc2ccccc2)n1-c1ccc(F)cc1OC(F)F. The Balaban J connectivity index is 1.99. The van der Waals surface area contributed by atoms with Gasteiger partial charge in [0.25, 0.3) is 0 Å². The molecule has 0 spiro atoms. The quantitative estimate of drug-likeness (QED) is 0.353. The van der Waals surface area contributed by atoms with Gasteiger partial charge in [0, 0.05) is 29.4 Å². The standard InChI is InChI=1S/C25H26F3NO3/c1-4-22-21(17(3)30)14-20(12-16(2)31-15-18-8-6-5-7-9-18)29(22)23-11-10-19(26)13-24(23)32-25(27)28/h5-11,13-14,16,25H,4,12,15H2,1-3H3/t16-/m0/s1. The van der Waals surface area contributed by atoms with Crippen LogP contribution in [0.1, 0.15) is 48.1 Å². The van der Waals surface area contributed by atoms with Crippen LogP contribution in [0.3, 0.4) is 0 Å². The molecule has 0 saturated carbocycles. The maximum atomic E-state index is 13.8. The van der Waals surface area contributed by atoms with Gasteiger partial charge < -0.3 is 14.0 Å². The second-order valence-corrected chi connectivity index (χ2v) is 7.54. The summed E-state index contributed by atoms with van der Waals surface area (Å²) in [5.41, 5.74) is 3.11. The average Bonchev–Trinajstić information content (AvgIpc) is 3.11. The topological polar surface area (TPSA) is 40.5 Å². The van der Waals surface area contributed by atoms with Crippen LogP contribution in [0.15, 0.2) is 54.6 Å². The molecule has 170 valence electrons. The first-order chi connectivity index (χ1) is 15.3. The highest BCUT2D eigenvalue weighted by molar-refractivity contribution is 5.96. The van der Waals surface area contributed by atoms with E-state index in [1.165, 1.54) is 19.1 Å². The van der Waals surface area contributed by atoms with Gasteiger partial charge in [0.15, 0.2) is 11.5 Å². The number of hydrogen-bond donors (Lipinski definition) is 0. The number of nitrogens with zero attached hydrogens (tertiary/aromatic N) is 1. The predicted octanol–water partition coefficient (Wildman–Crippen LogP) is 6.13. The lowest BCUT2D eigenvalue weighted by Crippen LogP contribution is -2.16. The van der Waals surface area contributed by atoms with Crippen LogP contribution in [0.2, 0.25) is 0 Å². The second-order valence-electron chi connectivity index (χ2n) is 7.54. The minimum Gasteiger partial charge on any atom is -0.432 e. The fourth-order valence-corrected chi connectivity index (χ4v) is 3.74. The van der Waals surface area contributed by atoms with E-state index in [2.05, 4.69) is 4.74 Å². The largest absolute Gasteiger partial charge is 0.432 e. The van der Waals surface area contributed by atoms with Crippen LogP contribution in [0.5, 0.6) is 5.75 Å². The van der Waals surface area contributed by atoms with Crippen molar-refractivity contribution in [2.75, 3.05) is 0 Å². The minimum absolute atomic E-state index is 0.141. The number of rotatable bonds is 10. The fourth-order valence-electron chi connectivity index (χ4n) is 3.74. The number of ether oxygens (including phenoxy) is 2. The van der Waals surface area contributed by atoms with Crippen molar-refractivity contribution in [2.24, 2.45) is 0 Å². The van der Waals surface area contributed by atoms with Crippen molar-refractivity contribution in [2.45, 2.75) is 52.9 Å². The summed E-state index contributed by atoms with van der Waals surface area (Å²) < 4.78 is 52.1. The molecule has 3 aromatic rings. The van der Waals surface area contributed by atoms with E-state index in [4.69, 9.17) is 4.74 Å². The van der Waals surface area contributed by atoms with Gasteiger partial charge >= 0.3 is 6.61 Å². The van der Waals surface area contributed by atoms with Crippen molar-refractivity contribution in [1.29, 1.82) is 0 Å². The molecule has 32 heavy (non-hydrogen) atoms. The lowest BCUT2D eigenvalue weighted by atomic mass is 10.1. The Bertz CT molecular complexity index is 1060. The number of benzene rings is 2. The summed E-state index contributed by atoms with van der Waals surface area (Å²) in [6.45, 7) is 2.54. The molecule has 4 nitrogen and oxygen atoms in total. The summed E-state index contributed by atoms with van der Waals surface area (Å²) in [5.74, 6) is -1.12. The van der Waals surface area contributed by atoms with Gasteiger partial charge in [-0.2, -0.15) is 8.78 Å². The lowest BCUT2D eigenvalue weighted by molar-refractivity contribution is -0.0500. The van der Waals surface area contributed by atoms with Gasteiger partial charge in [0.2, 0.25) is 0 Å². The zero-order chi connectivity index (χ0) is 23.3. The van der Waals surface area contributed by atoms with E-state index in [1.807, 2.05) is 44.2 Å². The molecule has 0 N–H and O–H groups in total. The molecule has 1 aromatic heterocycles. The van der Waals surface area contributed by atoms with E-state index >= 15 is 0 Å². The molecule has 1 atom stereocenters.